The van der Waals surface area contributed by atoms with Crippen LogP contribution in [0.2, 0.25) is 0 Å². The summed E-state index contributed by atoms with van der Waals surface area (Å²) < 4.78 is 28.4. The maximum Gasteiger partial charge on any atom is 0.313 e. The molecule has 0 spiro atoms. The highest BCUT2D eigenvalue weighted by atomic mass is 19.1. The van der Waals surface area contributed by atoms with Crippen LogP contribution in [0.15, 0.2) is 47.3 Å². The quantitative estimate of drug-likeness (QED) is 0.0554. The van der Waals surface area contributed by atoms with Crippen LogP contribution in [0.4, 0.5) is 4.39 Å². The number of aryl methyl sites for hydroxylation is 1. The lowest BCUT2D eigenvalue weighted by Gasteiger charge is -2.31. The number of esters is 1. The second-order valence-corrected chi connectivity index (χ2v) is 15.9. The van der Waals surface area contributed by atoms with Gasteiger partial charge < -0.3 is 40.6 Å². The number of fused-ring (bicyclic) bond motifs is 5. The molecule has 5 amide bonds. The molecule has 8 rings (SSSR count). The Morgan fingerprint density at radius 2 is 1.79 bits per heavy atom. The van der Waals surface area contributed by atoms with E-state index in [2.05, 4.69) is 26.6 Å². The molecule has 318 valence electrons. The Hall–Kier alpha value is -6.49. The minimum atomic E-state index is -1.03. The summed E-state index contributed by atoms with van der Waals surface area (Å²) >= 11 is 0. The van der Waals surface area contributed by atoms with Crippen LogP contribution in [-0.4, -0.2) is 77.5 Å². The van der Waals surface area contributed by atoms with Gasteiger partial charge in [0.2, 0.25) is 30.0 Å². The van der Waals surface area contributed by atoms with Crippen molar-refractivity contribution in [3.8, 4) is 11.4 Å². The van der Waals surface area contributed by atoms with E-state index in [1.54, 1.807) is 35.8 Å². The maximum atomic E-state index is 15.4. The number of rotatable bonds is 16. The SMILES string of the molecule is CC[C@H]1C(=O)OCc2c1cc1n(c2=O)Cc2c-1nc1cc(F)c(C)c3c1c2[C@@H](NC(=O)C(OCNC(=O)CNC(=O)[C@H](Cc1ccccc1)NC(=O)CNC=O)C1CC1)CC3. The van der Waals surface area contributed by atoms with E-state index in [9.17, 15) is 33.6 Å². The van der Waals surface area contributed by atoms with Gasteiger partial charge in [-0.2, -0.15) is 0 Å². The van der Waals surface area contributed by atoms with Crippen molar-refractivity contribution in [2.45, 2.75) is 89.6 Å². The van der Waals surface area contributed by atoms with Gasteiger partial charge in [-0.1, -0.05) is 37.3 Å². The third-order valence-electron chi connectivity index (χ3n) is 12.1. The van der Waals surface area contributed by atoms with Gasteiger partial charge in [0.1, 0.15) is 31.3 Å². The highest BCUT2D eigenvalue weighted by Gasteiger charge is 2.41. The summed E-state index contributed by atoms with van der Waals surface area (Å²) in [6.07, 6.45) is 2.46. The van der Waals surface area contributed by atoms with Crippen LogP contribution in [0.5, 0.6) is 0 Å². The first-order valence-electron chi connectivity index (χ1n) is 20.5. The van der Waals surface area contributed by atoms with Crippen molar-refractivity contribution < 1.29 is 42.6 Å². The van der Waals surface area contributed by atoms with Gasteiger partial charge in [-0.15, -0.1) is 0 Å². The molecule has 4 atom stereocenters. The van der Waals surface area contributed by atoms with Crippen molar-refractivity contribution in [2.24, 2.45) is 5.92 Å². The number of amides is 5. The number of halogens is 1. The summed E-state index contributed by atoms with van der Waals surface area (Å²) in [4.78, 5) is 94.6. The molecule has 2 aromatic carbocycles. The number of carbonyl (C=O) groups is 6. The number of carbonyl (C=O) groups excluding carboxylic acids is 6. The molecule has 5 N–H and O–H groups in total. The molecule has 1 fully saturated rings. The number of ether oxygens (including phenoxy) is 2. The minimum Gasteiger partial charge on any atom is -0.460 e. The van der Waals surface area contributed by atoms with E-state index < -0.39 is 54.2 Å². The molecular weight excluding hydrogens is 790 g/mol. The number of cyclic esters (lactones) is 1. The lowest BCUT2D eigenvalue weighted by molar-refractivity contribution is -0.148. The highest BCUT2D eigenvalue weighted by Crippen LogP contribution is 2.46. The third-order valence-corrected chi connectivity index (χ3v) is 12.1. The summed E-state index contributed by atoms with van der Waals surface area (Å²) in [5, 5.41) is 13.9. The predicted octanol–water partition coefficient (Wildman–Crippen LogP) is 1.99. The first kappa shape index (κ1) is 41.3. The molecule has 1 saturated carbocycles. The van der Waals surface area contributed by atoms with Crippen molar-refractivity contribution in [3.05, 3.63) is 97.6 Å². The summed E-state index contributed by atoms with van der Waals surface area (Å²) in [6, 6.07) is 10.6. The molecule has 2 aliphatic carbocycles. The zero-order valence-corrected chi connectivity index (χ0v) is 33.7. The second-order valence-electron chi connectivity index (χ2n) is 15.9. The van der Waals surface area contributed by atoms with Crippen LogP contribution >= 0.6 is 0 Å². The maximum absolute atomic E-state index is 15.4. The monoisotopic (exact) mass is 835 g/mol. The average molecular weight is 836 g/mol. The third kappa shape index (κ3) is 8.21. The van der Waals surface area contributed by atoms with Crippen LogP contribution in [0, 0.1) is 18.7 Å². The highest BCUT2D eigenvalue weighted by molar-refractivity contribution is 5.94. The van der Waals surface area contributed by atoms with Crippen LogP contribution < -0.4 is 32.1 Å². The van der Waals surface area contributed by atoms with Gasteiger partial charge in [0.15, 0.2) is 0 Å². The van der Waals surface area contributed by atoms with Crippen molar-refractivity contribution in [2.75, 3.05) is 19.8 Å². The molecule has 61 heavy (non-hydrogen) atoms. The fourth-order valence-electron chi connectivity index (χ4n) is 8.80. The zero-order valence-electron chi connectivity index (χ0n) is 33.7. The Morgan fingerprint density at radius 3 is 2.52 bits per heavy atom. The Morgan fingerprint density at radius 1 is 1.00 bits per heavy atom. The first-order chi connectivity index (χ1) is 29.5. The molecule has 2 aromatic heterocycles. The Bertz CT molecular complexity index is 2520. The molecule has 4 aliphatic rings. The van der Waals surface area contributed by atoms with Gasteiger partial charge in [-0.05, 0) is 78.8 Å². The summed E-state index contributed by atoms with van der Waals surface area (Å²) in [7, 11) is 0. The summed E-state index contributed by atoms with van der Waals surface area (Å²) in [5.74, 6) is -3.64. The molecule has 4 heterocycles. The van der Waals surface area contributed by atoms with Gasteiger partial charge in [0.05, 0.1) is 54.1 Å². The summed E-state index contributed by atoms with van der Waals surface area (Å²) in [6.45, 7) is 2.55. The molecule has 0 saturated heterocycles. The molecule has 16 nitrogen and oxygen atoms in total. The largest absolute Gasteiger partial charge is 0.460 e. The average Bonchev–Trinajstić information content (AvgIpc) is 4.03. The fourth-order valence-corrected chi connectivity index (χ4v) is 8.80. The Balaban J connectivity index is 0.967. The van der Waals surface area contributed by atoms with Crippen molar-refractivity contribution >= 4 is 46.9 Å². The molecule has 0 radical (unpaired) electrons. The number of hydrogen-bond donors (Lipinski definition) is 5. The molecular formula is C44H46FN7O9. The van der Waals surface area contributed by atoms with E-state index in [-0.39, 0.29) is 56.2 Å². The smallest absolute Gasteiger partial charge is 0.313 e. The van der Waals surface area contributed by atoms with E-state index >= 15 is 4.39 Å². The van der Waals surface area contributed by atoms with E-state index in [4.69, 9.17) is 14.5 Å². The molecule has 1 unspecified atom stereocenters. The van der Waals surface area contributed by atoms with E-state index in [0.717, 1.165) is 40.5 Å². The first-order valence-corrected chi connectivity index (χ1v) is 20.5. The lowest BCUT2D eigenvalue weighted by atomic mass is 9.81. The second kappa shape index (κ2) is 17.2. The van der Waals surface area contributed by atoms with Crippen LogP contribution in [0.25, 0.3) is 22.3 Å². The molecule has 2 aliphatic heterocycles. The topological polar surface area (TPSA) is 216 Å². The normalized spacial score (nSPS) is 18.1. The van der Waals surface area contributed by atoms with Crippen LogP contribution in [-0.2, 0) is 64.2 Å². The van der Waals surface area contributed by atoms with Gasteiger partial charge in [-0.25, -0.2) is 9.37 Å². The fraction of sp³-hybridized carbons (Fsp3) is 0.409. The lowest BCUT2D eigenvalue weighted by Crippen LogP contribution is -2.51. The molecule has 17 heteroatoms. The number of pyridine rings is 2. The van der Waals surface area contributed by atoms with Gasteiger partial charge in [0, 0.05) is 23.4 Å². The van der Waals surface area contributed by atoms with E-state index in [1.165, 1.54) is 6.07 Å². The molecule has 0 bridgehead atoms. The van der Waals surface area contributed by atoms with Crippen molar-refractivity contribution in [3.63, 3.8) is 0 Å². The van der Waals surface area contributed by atoms with E-state index in [1.807, 2.05) is 19.1 Å². The Kier molecular flexibility index (Phi) is 11.7. The Labute approximate surface area is 349 Å². The van der Waals surface area contributed by atoms with Crippen LogP contribution in [0.1, 0.15) is 83.5 Å². The van der Waals surface area contributed by atoms with Crippen LogP contribution in [0.3, 0.4) is 0 Å². The predicted molar refractivity (Wildman–Crippen MR) is 217 cm³/mol. The van der Waals surface area contributed by atoms with Crippen molar-refractivity contribution in [1.29, 1.82) is 0 Å². The number of hydrogen-bond acceptors (Lipinski definition) is 10. The summed E-state index contributed by atoms with van der Waals surface area (Å²) in [5.41, 5.74) is 5.76. The van der Waals surface area contributed by atoms with E-state index in [0.29, 0.717) is 59.3 Å². The number of nitrogens with one attached hydrogen (secondary N) is 5. The standard InChI is InChI=1S/C44H46FN7O9/c1-3-25-27-14-34-39-28(18-52(34)43(58)29(27)19-60-44(25)59)38-31(12-11-26-22(2)30(45)15-32(50-39)37(26)38)51-42(57)40(24-9-10-24)61-21-48-35(54)17-47-41(56)33(49-36(55)16-46-20-53)13-23-7-5-4-6-8-23/h4-8,14-15,20,24-25,31,33,40H,3,9-13,16-19,21H2,1-2H3,(H,46,53)(H,47,56)(H,48,54)(H,49,55)(H,51,57)/t25-,31+,33+,40?/m1/s1. The number of benzene rings is 2. The minimum absolute atomic E-state index is 0.0892. The molecule has 4 aromatic rings. The number of nitrogens with zero attached hydrogens (tertiary/aromatic N) is 2. The van der Waals surface area contributed by atoms with Gasteiger partial charge in [0.25, 0.3) is 5.56 Å². The van der Waals surface area contributed by atoms with Gasteiger partial charge >= 0.3 is 5.97 Å². The number of aromatic nitrogens is 2. The van der Waals surface area contributed by atoms with Gasteiger partial charge in [-0.3, -0.25) is 33.6 Å². The van der Waals surface area contributed by atoms with Crippen molar-refractivity contribution in [1.82, 2.24) is 36.1 Å². The zero-order chi connectivity index (χ0) is 42.9.